The molecule has 0 radical (unpaired) electrons. The van der Waals surface area contributed by atoms with Crippen molar-refractivity contribution in [3.63, 3.8) is 0 Å². The number of hydrogen-bond acceptors (Lipinski definition) is 3. The van der Waals surface area contributed by atoms with E-state index in [0.717, 1.165) is 12.3 Å². The number of nitrogens with zero attached hydrogens (tertiary/aromatic N) is 1. The van der Waals surface area contributed by atoms with Crippen molar-refractivity contribution < 1.29 is 32.3 Å². The largest absolute Gasteiger partial charge is 0.476 e. The Kier molecular flexibility index (Phi) is 4.82. The summed E-state index contributed by atoms with van der Waals surface area (Å²) in [5, 5.41) is 10.5. The average molecular weight is 342 g/mol. The minimum atomic E-state index is -5.16. The Balaban J connectivity index is 2.31. The molecule has 0 saturated carbocycles. The van der Waals surface area contributed by atoms with E-state index in [1.165, 1.54) is 29.6 Å². The lowest BCUT2D eigenvalue weighted by atomic mass is 10.1. The molecular formula is C15H10F4N2O3. The highest BCUT2D eigenvalue weighted by molar-refractivity contribution is 6.01. The van der Waals surface area contributed by atoms with Gasteiger partial charge in [0.1, 0.15) is 5.82 Å². The van der Waals surface area contributed by atoms with E-state index in [4.69, 9.17) is 5.11 Å². The lowest BCUT2D eigenvalue weighted by Crippen LogP contribution is -2.30. The van der Waals surface area contributed by atoms with E-state index in [1.807, 2.05) is 0 Å². The molecule has 24 heavy (non-hydrogen) atoms. The van der Waals surface area contributed by atoms with Crippen LogP contribution in [0.4, 0.5) is 23.2 Å². The number of benzene rings is 1. The van der Waals surface area contributed by atoms with E-state index >= 15 is 0 Å². The molecule has 9 heteroatoms. The van der Waals surface area contributed by atoms with E-state index < -0.39 is 35.3 Å². The Morgan fingerprint density at radius 3 is 2.29 bits per heavy atom. The van der Waals surface area contributed by atoms with E-state index in [0.29, 0.717) is 11.1 Å². The van der Waals surface area contributed by atoms with Crippen LogP contribution in [0.25, 0.3) is 0 Å². The van der Waals surface area contributed by atoms with Gasteiger partial charge in [-0.05, 0) is 35.7 Å². The second-order valence-corrected chi connectivity index (χ2v) is 4.80. The predicted molar refractivity (Wildman–Crippen MR) is 75.1 cm³/mol. The summed E-state index contributed by atoms with van der Waals surface area (Å²) in [6.07, 6.45) is -3.83. The zero-order valence-corrected chi connectivity index (χ0v) is 11.9. The van der Waals surface area contributed by atoms with Crippen molar-refractivity contribution in [2.24, 2.45) is 0 Å². The van der Waals surface area contributed by atoms with E-state index in [-0.39, 0.29) is 6.42 Å². The maximum Gasteiger partial charge on any atom is 0.471 e. The fraction of sp³-hybridized carbons (Fsp3) is 0.133. The van der Waals surface area contributed by atoms with Gasteiger partial charge in [0.25, 0.3) is 0 Å². The lowest BCUT2D eigenvalue weighted by molar-refractivity contribution is -0.167. The van der Waals surface area contributed by atoms with Crippen molar-refractivity contribution in [1.82, 2.24) is 4.98 Å². The summed E-state index contributed by atoms with van der Waals surface area (Å²) in [5.74, 6) is -4.33. The topological polar surface area (TPSA) is 79.3 Å². The number of aromatic carboxylic acids is 1. The van der Waals surface area contributed by atoms with Gasteiger partial charge in [0.2, 0.25) is 0 Å². The van der Waals surface area contributed by atoms with Gasteiger partial charge in [0.15, 0.2) is 5.69 Å². The molecule has 0 aliphatic rings. The molecule has 0 aliphatic heterocycles. The number of carbonyl (C=O) groups excluding carboxylic acids is 1. The lowest BCUT2D eigenvalue weighted by Gasteiger charge is -2.11. The van der Waals surface area contributed by atoms with E-state index in [9.17, 15) is 27.2 Å². The van der Waals surface area contributed by atoms with Crippen LogP contribution in [0, 0.1) is 5.82 Å². The predicted octanol–water partition coefficient (Wildman–Crippen LogP) is 3.01. The number of carbonyl (C=O) groups is 2. The molecule has 0 aliphatic carbocycles. The minimum absolute atomic E-state index is 0.169. The van der Waals surface area contributed by atoms with Crippen molar-refractivity contribution in [1.29, 1.82) is 0 Å². The SMILES string of the molecule is O=C(O)c1ncc(Cc2ccc(F)cc2)cc1NC(=O)C(F)(F)F. The van der Waals surface area contributed by atoms with Crippen LogP contribution in [-0.2, 0) is 11.2 Å². The van der Waals surface area contributed by atoms with Gasteiger partial charge in [-0.1, -0.05) is 12.1 Å². The van der Waals surface area contributed by atoms with Crippen LogP contribution in [0.5, 0.6) is 0 Å². The van der Waals surface area contributed by atoms with Crippen LogP contribution in [0.3, 0.4) is 0 Å². The molecule has 0 saturated heterocycles. The average Bonchev–Trinajstić information content (AvgIpc) is 2.48. The van der Waals surface area contributed by atoms with Gasteiger partial charge < -0.3 is 10.4 Å². The third-order valence-electron chi connectivity index (χ3n) is 2.97. The highest BCUT2D eigenvalue weighted by Crippen LogP contribution is 2.22. The number of rotatable bonds is 4. The summed E-state index contributed by atoms with van der Waals surface area (Å²) in [7, 11) is 0. The number of hydrogen-bond donors (Lipinski definition) is 2. The van der Waals surface area contributed by atoms with Gasteiger partial charge in [-0.2, -0.15) is 13.2 Å². The van der Waals surface area contributed by atoms with Gasteiger partial charge in [-0.15, -0.1) is 0 Å². The molecule has 1 aromatic carbocycles. The van der Waals surface area contributed by atoms with Gasteiger partial charge in [0, 0.05) is 6.20 Å². The Morgan fingerprint density at radius 1 is 1.12 bits per heavy atom. The first-order chi connectivity index (χ1) is 11.2. The number of carboxylic acids is 1. The monoisotopic (exact) mass is 342 g/mol. The number of alkyl halides is 3. The number of amides is 1. The highest BCUT2D eigenvalue weighted by Gasteiger charge is 2.39. The number of carboxylic acid groups (broad SMARTS) is 1. The van der Waals surface area contributed by atoms with Gasteiger partial charge >= 0.3 is 18.1 Å². The molecular weight excluding hydrogens is 332 g/mol. The van der Waals surface area contributed by atoms with Gasteiger partial charge in [-0.3, -0.25) is 4.79 Å². The van der Waals surface area contributed by atoms with Gasteiger partial charge in [-0.25, -0.2) is 14.2 Å². The second kappa shape index (κ2) is 6.65. The smallest absolute Gasteiger partial charge is 0.471 e. The van der Waals surface area contributed by atoms with Crippen LogP contribution in [-0.4, -0.2) is 28.1 Å². The summed E-state index contributed by atoms with van der Waals surface area (Å²) in [5.41, 5.74) is -0.293. The Bertz CT molecular complexity index is 773. The van der Waals surface area contributed by atoms with Crippen molar-refractivity contribution in [2.45, 2.75) is 12.6 Å². The molecule has 5 nitrogen and oxygen atoms in total. The molecule has 2 rings (SSSR count). The Morgan fingerprint density at radius 2 is 1.75 bits per heavy atom. The number of pyridine rings is 1. The quantitative estimate of drug-likeness (QED) is 0.837. The van der Waals surface area contributed by atoms with E-state index in [1.54, 1.807) is 0 Å². The standard InChI is InChI=1S/C15H10F4N2O3/c16-10-3-1-8(2-4-10)5-9-6-11(12(13(22)23)20-7-9)21-14(24)15(17,18)19/h1-4,6-7H,5H2,(H,21,24)(H,22,23). The molecule has 0 fully saturated rings. The Hall–Kier alpha value is -2.97. The number of halogens is 4. The first-order valence-corrected chi connectivity index (χ1v) is 6.51. The number of anilines is 1. The number of nitrogens with one attached hydrogen (secondary N) is 1. The molecule has 2 N–H and O–H groups in total. The summed E-state index contributed by atoms with van der Waals surface area (Å²) >= 11 is 0. The highest BCUT2D eigenvalue weighted by atomic mass is 19.4. The fourth-order valence-corrected chi connectivity index (χ4v) is 1.90. The summed E-state index contributed by atoms with van der Waals surface area (Å²) < 4.78 is 49.9. The van der Waals surface area contributed by atoms with Crippen LogP contribution in [0.1, 0.15) is 21.6 Å². The zero-order valence-electron chi connectivity index (χ0n) is 11.9. The Labute approximate surface area is 132 Å². The molecule has 1 heterocycles. The van der Waals surface area contributed by atoms with Crippen LogP contribution in [0.15, 0.2) is 36.5 Å². The molecule has 0 bridgehead atoms. The van der Waals surface area contributed by atoms with Gasteiger partial charge in [0.05, 0.1) is 5.69 Å². The first kappa shape index (κ1) is 17.4. The number of aromatic nitrogens is 1. The minimum Gasteiger partial charge on any atom is -0.476 e. The maximum absolute atomic E-state index is 12.9. The first-order valence-electron chi connectivity index (χ1n) is 6.51. The zero-order chi connectivity index (χ0) is 17.9. The maximum atomic E-state index is 12.9. The molecule has 126 valence electrons. The van der Waals surface area contributed by atoms with Crippen molar-refractivity contribution in [3.05, 3.63) is 59.2 Å². The molecule has 1 aromatic heterocycles. The molecule has 0 unspecified atom stereocenters. The van der Waals surface area contributed by atoms with Crippen molar-refractivity contribution in [3.8, 4) is 0 Å². The van der Waals surface area contributed by atoms with Crippen molar-refractivity contribution >= 4 is 17.6 Å². The van der Waals surface area contributed by atoms with Crippen molar-refractivity contribution in [2.75, 3.05) is 5.32 Å². The van der Waals surface area contributed by atoms with Crippen LogP contribution >= 0.6 is 0 Å². The summed E-state index contributed by atoms with van der Waals surface area (Å²) in [6.45, 7) is 0. The van der Waals surface area contributed by atoms with Crippen LogP contribution in [0.2, 0.25) is 0 Å². The fourth-order valence-electron chi connectivity index (χ4n) is 1.90. The molecule has 0 atom stereocenters. The van der Waals surface area contributed by atoms with E-state index in [2.05, 4.69) is 4.98 Å². The second-order valence-electron chi connectivity index (χ2n) is 4.80. The molecule has 2 aromatic rings. The third-order valence-corrected chi connectivity index (χ3v) is 2.97. The molecule has 0 spiro atoms. The summed E-state index contributed by atoms with van der Waals surface area (Å²) in [6, 6.07) is 6.44. The summed E-state index contributed by atoms with van der Waals surface area (Å²) in [4.78, 5) is 25.6. The third kappa shape index (κ3) is 4.28. The normalized spacial score (nSPS) is 11.2. The van der Waals surface area contributed by atoms with Crippen LogP contribution < -0.4 is 5.32 Å². The molecule has 1 amide bonds.